The number of hydrogen-bond donors (Lipinski definition) is 0. The van der Waals surface area contributed by atoms with E-state index in [1.165, 1.54) is 18.4 Å². The van der Waals surface area contributed by atoms with Crippen molar-refractivity contribution in [1.82, 2.24) is 9.88 Å². The monoisotopic (exact) mass is 282 g/mol. The molecule has 2 fully saturated rings. The Hall–Kier alpha value is -0.450. The Labute approximate surface area is 104 Å². The van der Waals surface area contributed by atoms with Crippen molar-refractivity contribution in [3.8, 4) is 0 Å². The highest BCUT2D eigenvalue weighted by Crippen LogP contribution is 2.27. The smallest absolute Gasteiger partial charge is 0.0707 e. The van der Waals surface area contributed by atoms with Gasteiger partial charge < -0.3 is 4.74 Å². The lowest BCUT2D eigenvalue weighted by molar-refractivity contribution is -0.0410. The molecule has 2 atom stereocenters. The van der Waals surface area contributed by atoms with Gasteiger partial charge in [0.1, 0.15) is 0 Å². The second kappa shape index (κ2) is 4.43. The molecule has 2 bridgehead atoms. The third-order valence-electron chi connectivity index (χ3n) is 3.29. The summed E-state index contributed by atoms with van der Waals surface area (Å²) in [6, 6.07) is 2.14. The van der Waals surface area contributed by atoms with E-state index < -0.39 is 0 Å². The highest BCUT2D eigenvalue weighted by atomic mass is 79.9. The van der Waals surface area contributed by atoms with E-state index in [0.717, 1.165) is 24.1 Å². The Kier molecular flexibility index (Phi) is 2.96. The normalized spacial score (nSPS) is 29.6. The molecule has 0 aromatic carbocycles. The molecule has 3 rings (SSSR count). The first kappa shape index (κ1) is 10.7. The van der Waals surface area contributed by atoms with Gasteiger partial charge in [-0.1, -0.05) is 0 Å². The average Bonchev–Trinajstić information content (AvgIpc) is 2.58. The van der Waals surface area contributed by atoms with Gasteiger partial charge in [-0.3, -0.25) is 9.88 Å². The number of morpholine rings is 1. The van der Waals surface area contributed by atoms with Gasteiger partial charge in [-0.05, 0) is 40.4 Å². The Balaban J connectivity index is 1.67. The first-order valence-corrected chi connectivity index (χ1v) is 6.56. The van der Waals surface area contributed by atoms with Crippen molar-refractivity contribution in [2.75, 3.05) is 13.1 Å². The SMILES string of the molecule is Brc1cncc(CN2CC3CCC(C2)O3)c1. The predicted octanol–water partition coefficient (Wildman–Crippen LogP) is 2.21. The number of aromatic nitrogens is 1. The van der Waals surface area contributed by atoms with Crippen molar-refractivity contribution in [1.29, 1.82) is 0 Å². The van der Waals surface area contributed by atoms with Crippen LogP contribution in [0, 0.1) is 0 Å². The van der Waals surface area contributed by atoms with Crippen LogP contribution in [0.15, 0.2) is 22.9 Å². The van der Waals surface area contributed by atoms with Crippen molar-refractivity contribution in [3.05, 3.63) is 28.5 Å². The van der Waals surface area contributed by atoms with Gasteiger partial charge >= 0.3 is 0 Å². The van der Waals surface area contributed by atoms with E-state index in [1.54, 1.807) is 0 Å². The largest absolute Gasteiger partial charge is 0.372 e. The lowest BCUT2D eigenvalue weighted by Crippen LogP contribution is -2.41. The number of likely N-dealkylation sites (tertiary alicyclic amines) is 1. The van der Waals surface area contributed by atoms with Crippen LogP contribution >= 0.6 is 15.9 Å². The number of ether oxygens (including phenoxy) is 1. The molecule has 86 valence electrons. The summed E-state index contributed by atoms with van der Waals surface area (Å²) in [7, 11) is 0. The minimum atomic E-state index is 0.471. The minimum absolute atomic E-state index is 0.471. The molecule has 0 spiro atoms. The van der Waals surface area contributed by atoms with Crippen molar-refractivity contribution >= 4 is 15.9 Å². The Morgan fingerprint density at radius 2 is 2.06 bits per heavy atom. The summed E-state index contributed by atoms with van der Waals surface area (Å²) in [4.78, 5) is 6.68. The lowest BCUT2D eigenvalue weighted by atomic mass is 10.2. The van der Waals surface area contributed by atoms with Crippen LogP contribution in [0.3, 0.4) is 0 Å². The number of halogens is 1. The molecular formula is C12H15BrN2O. The van der Waals surface area contributed by atoms with Crippen LogP contribution in [0.4, 0.5) is 0 Å². The van der Waals surface area contributed by atoms with E-state index in [0.29, 0.717) is 12.2 Å². The first-order valence-electron chi connectivity index (χ1n) is 5.77. The zero-order valence-electron chi connectivity index (χ0n) is 9.10. The molecule has 0 radical (unpaired) electrons. The minimum Gasteiger partial charge on any atom is -0.372 e. The van der Waals surface area contributed by atoms with Crippen LogP contribution < -0.4 is 0 Å². The molecule has 3 heterocycles. The van der Waals surface area contributed by atoms with Gasteiger partial charge in [0.25, 0.3) is 0 Å². The molecule has 2 saturated heterocycles. The van der Waals surface area contributed by atoms with Crippen LogP contribution in [0.1, 0.15) is 18.4 Å². The Morgan fingerprint density at radius 3 is 2.75 bits per heavy atom. The zero-order chi connectivity index (χ0) is 11.0. The van der Waals surface area contributed by atoms with Crippen LogP contribution in [0.2, 0.25) is 0 Å². The van der Waals surface area contributed by atoms with E-state index in [4.69, 9.17) is 4.74 Å². The maximum Gasteiger partial charge on any atom is 0.0707 e. The van der Waals surface area contributed by atoms with Crippen LogP contribution in [-0.2, 0) is 11.3 Å². The fourth-order valence-corrected chi connectivity index (χ4v) is 3.04. The third-order valence-corrected chi connectivity index (χ3v) is 3.72. The maximum absolute atomic E-state index is 5.82. The van der Waals surface area contributed by atoms with Gasteiger partial charge in [0.05, 0.1) is 12.2 Å². The fourth-order valence-electron chi connectivity index (χ4n) is 2.63. The second-order valence-corrected chi connectivity index (χ2v) is 5.58. The number of hydrogen-bond acceptors (Lipinski definition) is 3. The number of fused-ring (bicyclic) bond motifs is 2. The summed E-state index contributed by atoms with van der Waals surface area (Å²) in [5, 5.41) is 0. The van der Waals surface area contributed by atoms with Crippen molar-refractivity contribution in [2.45, 2.75) is 31.6 Å². The van der Waals surface area contributed by atoms with Crippen molar-refractivity contribution < 1.29 is 4.74 Å². The van der Waals surface area contributed by atoms with Gasteiger partial charge in [0, 0.05) is 36.5 Å². The molecule has 4 heteroatoms. The highest BCUT2D eigenvalue weighted by Gasteiger charge is 2.33. The predicted molar refractivity (Wildman–Crippen MR) is 65.1 cm³/mol. The lowest BCUT2D eigenvalue weighted by Gasteiger charge is -2.31. The van der Waals surface area contributed by atoms with E-state index in [2.05, 4.69) is 31.9 Å². The molecular weight excluding hydrogens is 268 g/mol. The Morgan fingerprint density at radius 1 is 1.31 bits per heavy atom. The third kappa shape index (κ3) is 2.29. The summed E-state index contributed by atoms with van der Waals surface area (Å²) in [6.45, 7) is 3.13. The molecule has 0 N–H and O–H groups in total. The summed E-state index contributed by atoms with van der Waals surface area (Å²) in [6.07, 6.45) is 7.18. The average molecular weight is 283 g/mol. The molecule has 1 aromatic rings. The molecule has 1 aromatic heterocycles. The topological polar surface area (TPSA) is 25.4 Å². The van der Waals surface area contributed by atoms with Gasteiger partial charge in [-0.25, -0.2) is 0 Å². The molecule has 0 aliphatic carbocycles. The summed E-state index contributed by atoms with van der Waals surface area (Å²) < 4.78 is 6.88. The number of nitrogens with zero attached hydrogens (tertiary/aromatic N) is 2. The van der Waals surface area contributed by atoms with Gasteiger partial charge in [-0.2, -0.15) is 0 Å². The van der Waals surface area contributed by atoms with E-state index in [-0.39, 0.29) is 0 Å². The number of rotatable bonds is 2. The zero-order valence-corrected chi connectivity index (χ0v) is 10.7. The number of pyridine rings is 1. The van der Waals surface area contributed by atoms with Crippen LogP contribution in [0.25, 0.3) is 0 Å². The van der Waals surface area contributed by atoms with Crippen molar-refractivity contribution in [3.63, 3.8) is 0 Å². The standard InChI is InChI=1S/C12H15BrN2O/c13-10-3-9(4-14-5-10)6-15-7-11-1-2-12(8-15)16-11/h3-5,11-12H,1-2,6-8H2. The van der Waals surface area contributed by atoms with Crippen LogP contribution in [-0.4, -0.2) is 35.2 Å². The first-order chi connectivity index (χ1) is 7.79. The molecule has 0 saturated carbocycles. The molecule has 2 aliphatic rings. The molecule has 16 heavy (non-hydrogen) atoms. The van der Waals surface area contributed by atoms with Gasteiger partial charge in [0.15, 0.2) is 0 Å². The van der Waals surface area contributed by atoms with Gasteiger partial charge in [0.2, 0.25) is 0 Å². The molecule has 3 nitrogen and oxygen atoms in total. The van der Waals surface area contributed by atoms with Crippen LogP contribution in [0.5, 0.6) is 0 Å². The maximum atomic E-state index is 5.82. The Bertz CT molecular complexity index is 373. The highest BCUT2D eigenvalue weighted by molar-refractivity contribution is 9.10. The summed E-state index contributed by atoms with van der Waals surface area (Å²) in [5.74, 6) is 0. The van der Waals surface area contributed by atoms with Crippen molar-refractivity contribution in [2.24, 2.45) is 0 Å². The van der Waals surface area contributed by atoms with E-state index in [1.807, 2.05) is 12.4 Å². The molecule has 0 amide bonds. The fraction of sp³-hybridized carbons (Fsp3) is 0.583. The van der Waals surface area contributed by atoms with E-state index in [9.17, 15) is 0 Å². The molecule has 2 unspecified atom stereocenters. The summed E-state index contributed by atoms with van der Waals surface area (Å²) in [5.41, 5.74) is 1.27. The second-order valence-electron chi connectivity index (χ2n) is 4.66. The van der Waals surface area contributed by atoms with Gasteiger partial charge in [-0.15, -0.1) is 0 Å². The molecule has 2 aliphatic heterocycles. The quantitative estimate of drug-likeness (QED) is 0.832. The summed E-state index contributed by atoms with van der Waals surface area (Å²) >= 11 is 3.46. The van der Waals surface area contributed by atoms with E-state index >= 15 is 0 Å².